The molecule has 0 aromatic heterocycles. The second-order valence-electron chi connectivity index (χ2n) is 8.02. The molecule has 0 amide bonds. The molecule has 0 bridgehead atoms. The minimum Gasteiger partial charge on any atom is -0.453 e. The molecule has 3 rings (SSSR count). The van der Waals surface area contributed by atoms with Crippen molar-refractivity contribution in [1.29, 1.82) is 0 Å². The largest absolute Gasteiger partial charge is 0.453 e. The summed E-state index contributed by atoms with van der Waals surface area (Å²) in [5.74, 6) is 0.439. The van der Waals surface area contributed by atoms with Crippen LogP contribution in [0.2, 0.25) is 0 Å². The van der Waals surface area contributed by atoms with Gasteiger partial charge in [0, 0.05) is 5.92 Å². The minimum atomic E-state index is -0.446. The highest BCUT2D eigenvalue weighted by atomic mass is 16.6. The lowest BCUT2D eigenvalue weighted by molar-refractivity contribution is -0.184. The number of aryl methyl sites for hydroxylation is 1. The van der Waals surface area contributed by atoms with E-state index in [2.05, 4.69) is 24.3 Å². The summed E-state index contributed by atoms with van der Waals surface area (Å²) in [6.07, 6.45) is 8.06. The molecule has 22 heavy (non-hydrogen) atoms. The zero-order valence-corrected chi connectivity index (χ0v) is 14.2. The summed E-state index contributed by atoms with van der Waals surface area (Å²) in [5, 5.41) is 0. The van der Waals surface area contributed by atoms with Crippen LogP contribution in [0.1, 0.15) is 70.4 Å². The van der Waals surface area contributed by atoms with E-state index in [0.717, 1.165) is 19.3 Å². The highest BCUT2D eigenvalue weighted by molar-refractivity contribution is 5.76. The third-order valence-corrected chi connectivity index (χ3v) is 5.37. The lowest BCUT2D eigenvalue weighted by Gasteiger charge is -2.46. The molecule has 0 heterocycles. The van der Waals surface area contributed by atoms with E-state index in [1.54, 1.807) is 0 Å². The Morgan fingerprint density at radius 1 is 1.14 bits per heavy atom. The van der Waals surface area contributed by atoms with Crippen LogP contribution in [0.4, 0.5) is 0 Å². The van der Waals surface area contributed by atoms with Gasteiger partial charge in [-0.05, 0) is 70.4 Å². The molecular weight excluding hydrogens is 272 g/mol. The Hall–Kier alpha value is -1.31. The molecule has 1 aromatic rings. The Morgan fingerprint density at radius 3 is 2.50 bits per heavy atom. The molecule has 2 nitrogen and oxygen atoms in total. The van der Waals surface area contributed by atoms with E-state index in [0.29, 0.717) is 5.92 Å². The lowest BCUT2D eigenvalue weighted by atomic mass is 9.67. The Balaban J connectivity index is 2.04. The normalized spacial score (nSPS) is 25.8. The van der Waals surface area contributed by atoms with Crippen LogP contribution in [0.3, 0.4) is 0 Å². The molecule has 0 N–H and O–H groups in total. The average molecular weight is 300 g/mol. The number of benzene rings is 1. The first-order valence-corrected chi connectivity index (χ1v) is 8.75. The lowest BCUT2D eigenvalue weighted by Crippen LogP contribution is -2.45. The predicted molar refractivity (Wildman–Crippen MR) is 88.6 cm³/mol. The topological polar surface area (TPSA) is 26.3 Å². The summed E-state index contributed by atoms with van der Waals surface area (Å²) in [6, 6.07) is 8.64. The third kappa shape index (κ3) is 2.68. The van der Waals surface area contributed by atoms with Gasteiger partial charge < -0.3 is 4.74 Å². The monoisotopic (exact) mass is 300 g/mol. The highest BCUT2D eigenvalue weighted by Crippen LogP contribution is 2.51. The number of ether oxygens (including phenoxy) is 1. The molecule has 0 radical (unpaired) electrons. The van der Waals surface area contributed by atoms with Crippen molar-refractivity contribution in [3.63, 3.8) is 0 Å². The molecule has 2 aliphatic carbocycles. The van der Waals surface area contributed by atoms with E-state index in [1.807, 2.05) is 20.8 Å². The van der Waals surface area contributed by atoms with Gasteiger partial charge in [-0.15, -0.1) is 0 Å². The van der Waals surface area contributed by atoms with Crippen LogP contribution in [-0.2, 0) is 21.6 Å². The van der Waals surface area contributed by atoms with Crippen molar-refractivity contribution in [2.45, 2.75) is 71.3 Å². The molecule has 0 aliphatic heterocycles. The molecule has 0 spiro atoms. The number of hydrogen-bond donors (Lipinski definition) is 0. The smallest absolute Gasteiger partial charge is 0.312 e. The SMILES string of the molecule is CC(C)(C)C(=O)OC1(C2CCC2)CCCCc2ccccc21. The van der Waals surface area contributed by atoms with Gasteiger partial charge in [-0.3, -0.25) is 4.79 Å². The van der Waals surface area contributed by atoms with Crippen molar-refractivity contribution in [3.05, 3.63) is 35.4 Å². The summed E-state index contributed by atoms with van der Waals surface area (Å²) in [4.78, 5) is 12.7. The average Bonchev–Trinajstić information content (AvgIpc) is 2.57. The van der Waals surface area contributed by atoms with Crippen LogP contribution in [0.5, 0.6) is 0 Å². The molecule has 120 valence electrons. The molecule has 1 fully saturated rings. The van der Waals surface area contributed by atoms with Crippen molar-refractivity contribution in [2.75, 3.05) is 0 Å². The molecule has 1 aromatic carbocycles. The summed E-state index contributed by atoms with van der Waals surface area (Å²) < 4.78 is 6.31. The Kier molecular flexibility index (Phi) is 4.05. The van der Waals surface area contributed by atoms with Crippen molar-refractivity contribution in [1.82, 2.24) is 0 Å². The van der Waals surface area contributed by atoms with Crippen LogP contribution in [0, 0.1) is 11.3 Å². The van der Waals surface area contributed by atoms with Crippen LogP contribution in [0.25, 0.3) is 0 Å². The number of carbonyl (C=O) groups is 1. The van der Waals surface area contributed by atoms with E-state index >= 15 is 0 Å². The van der Waals surface area contributed by atoms with Gasteiger partial charge in [-0.1, -0.05) is 30.7 Å². The fourth-order valence-electron chi connectivity index (χ4n) is 3.80. The zero-order chi connectivity index (χ0) is 15.8. The highest BCUT2D eigenvalue weighted by Gasteiger charge is 2.49. The first-order valence-electron chi connectivity index (χ1n) is 8.75. The van der Waals surface area contributed by atoms with Crippen molar-refractivity contribution in [2.24, 2.45) is 11.3 Å². The van der Waals surface area contributed by atoms with Crippen LogP contribution in [-0.4, -0.2) is 5.97 Å². The van der Waals surface area contributed by atoms with Gasteiger partial charge in [0.25, 0.3) is 0 Å². The molecule has 2 aliphatic rings. The first-order chi connectivity index (χ1) is 10.4. The van der Waals surface area contributed by atoms with E-state index in [9.17, 15) is 4.79 Å². The summed E-state index contributed by atoms with van der Waals surface area (Å²) >= 11 is 0. The fraction of sp³-hybridized carbons (Fsp3) is 0.650. The van der Waals surface area contributed by atoms with Crippen molar-refractivity contribution in [3.8, 4) is 0 Å². The molecule has 1 atom stereocenters. The molecule has 2 heteroatoms. The summed E-state index contributed by atoms with van der Waals surface area (Å²) in [7, 11) is 0. The minimum absolute atomic E-state index is 0.0592. The second kappa shape index (κ2) is 5.72. The Labute approximate surface area is 134 Å². The number of fused-ring (bicyclic) bond motifs is 1. The van der Waals surface area contributed by atoms with Gasteiger partial charge in [0.2, 0.25) is 0 Å². The molecule has 1 saturated carbocycles. The number of rotatable bonds is 2. The van der Waals surface area contributed by atoms with Crippen LogP contribution >= 0.6 is 0 Å². The molecule has 0 saturated heterocycles. The summed E-state index contributed by atoms with van der Waals surface area (Å²) in [6.45, 7) is 5.85. The standard InChI is InChI=1S/C20H28O2/c1-19(2,3)18(21)22-20(16-11-8-12-16)14-7-6-10-15-9-4-5-13-17(15)20/h4-5,9,13,16H,6-8,10-12,14H2,1-3H3. The fourth-order valence-corrected chi connectivity index (χ4v) is 3.80. The van der Waals surface area contributed by atoms with Crippen LogP contribution < -0.4 is 0 Å². The Morgan fingerprint density at radius 2 is 1.86 bits per heavy atom. The number of carbonyl (C=O) groups excluding carboxylic acids is 1. The van der Waals surface area contributed by atoms with Gasteiger partial charge in [0.1, 0.15) is 5.60 Å². The number of hydrogen-bond acceptors (Lipinski definition) is 2. The molecular formula is C20H28O2. The van der Waals surface area contributed by atoms with Gasteiger partial charge >= 0.3 is 5.97 Å². The third-order valence-electron chi connectivity index (χ3n) is 5.37. The maximum absolute atomic E-state index is 12.7. The van der Waals surface area contributed by atoms with E-state index in [1.165, 1.54) is 36.8 Å². The van der Waals surface area contributed by atoms with Gasteiger partial charge in [0.05, 0.1) is 5.41 Å². The second-order valence-corrected chi connectivity index (χ2v) is 8.02. The molecule has 1 unspecified atom stereocenters. The number of esters is 1. The van der Waals surface area contributed by atoms with Crippen LogP contribution in [0.15, 0.2) is 24.3 Å². The maximum Gasteiger partial charge on any atom is 0.312 e. The van der Waals surface area contributed by atoms with Gasteiger partial charge in [-0.25, -0.2) is 0 Å². The quantitative estimate of drug-likeness (QED) is 0.567. The summed E-state index contributed by atoms with van der Waals surface area (Å²) in [5.41, 5.74) is 1.84. The maximum atomic E-state index is 12.7. The zero-order valence-electron chi connectivity index (χ0n) is 14.2. The Bertz CT molecular complexity index is 551. The van der Waals surface area contributed by atoms with Gasteiger partial charge in [0.15, 0.2) is 0 Å². The van der Waals surface area contributed by atoms with E-state index in [-0.39, 0.29) is 11.6 Å². The first kappa shape index (κ1) is 15.6. The predicted octanol–water partition coefficient (Wildman–Crippen LogP) is 5.00. The van der Waals surface area contributed by atoms with E-state index in [4.69, 9.17) is 4.74 Å². The van der Waals surface area contributed by atoms with Crippen molar-refractivity contribution >= 4 is 5.97 Å². The van der Waals surface area contributed by atoms with E-state index < -0.39 is 5.41 Å². The van der Waals surface area contributed by atoms with Crippen molar-refractivity contribution < 1.29 is 9.53 Å². The van der Waals surface area contributed by atoms with Gasteiger partial charge in [-0.2, -0.15) is 0 Å².